The molecule has 19 heavy (non-hydrogen) atoms. The van der Waals surface area contributed by atoms with Gasteiger partial charge in [0.2, 0.25) is 0 Å². The van der Waals surface area contributed by atoms with Crippen LogP contribution in [0.5, 0.6) is 5.75 Å². The second-order valence-electron chi connectivity index (χ2n) is 5.50. The Morgan fingerprint density at radius 3 is 2.58 bits per heavy atom. The van der Waals surface area contributed by atoms with E-state index in [2.05, 4.69) is 16.6 Å². The smallest absolute Gasteiger partial charge is 0.387 e. The molecule has 0 aliphatic carbocycles. The van der Waals surface area contributed by atoms with Crippen LogP contribution in [-0.2, 0) is 6.54 Å². The maximum atomic E-state index is 12.0. The number of nitrogens with two attached hydrogens (primary N) is 1. The van der Waals surface area contributed by atoms with Crippen LogP contribution < -0.4 is 10.5 Å². The lowest BCUT2D eigenvalue weighted by atomic mass is 9.90. The monoisotopic (exact) mass is 270 g/mol. The van der Waals surface area contributed by atoms with Crippen molar-refractivity contribution in [3.63, 3.8) is 0 Å². The summed E-state index contributed by atoms with van der Waals surface area (Å²) in [5.74, 6) is 0.201. The van der Waals surface area contributed by atoms with Gasteiger partial charge in [0.05, 0.1) is 0 Å². The van der Waals surface area contributed by atoms with E-state index in [1.54, 1.807) is 12.1 Å². The Kier molecular flexibility index (Phi) is 4.37. The van der Waals surface area contributed by atoms with Gasteiger partial charge in [-0.25, -0.2) is 0 Å². The highest BCUT2D eigenvalue weighted by Crippen LogP contribution is 2.29. The molecule has 1 heterocycles. The minimum atomic E-state index is -2.77. The third-order valence-electron chi connectivity index (χ3n) is 3.68. The summed E-state index contributed by atoms with van der Waals surface area (Å²) in [5, 5.41) is 0. The molecule has 0 radical (unpaired) electrons. The number of likely N-dealkylation sites (tertiary alicyclic amines) is 1. The Labute approximate surface area is 112 Å². The normalized spacial score (nSPS) is 24.1. The first-order chi connectivity index (χ1) is 9.00. The topological polar surface area (TPSA) is 38.5 Å². The Morgan fingerprint density at radius 1 is 1.37 bits per heavy atom. The molecule has 1 aliphatic heterocycles. The van der Waals surface area contributed by atoms with Gasteiger partial charge in [-0.2, -0.15) is 8.78 Å². The van der Waals surface area contributed by atoms with Crippen LogP contribution in [0.25, 0.3) is 0 Å². The van der Waals surface area contributed by atoms with E-state index in [0.29, 0.717) is 6.54 Å². The molecule has 0 spiro atoms. The second-order valence-corrected chi connectivity index (χ2v) is 5.50. The molecule has 3 nitrogen and oxygen atoms in total. The summed E-state index contributed by atoms with van der Waals surface area (Å²) in [6.07, 6.45) is 1.11. The molecule has 0 amide bonds. The molecule has 1 fully saturated rings. The minimum Gasteiger partial charge on any atom is -0.435 e. The van der Waals surface area contributed by atoms with Crippen LogP contribution in [0.2, 0.25) is 0 Å². The second kappa shape index (κ2) is 5.84. The van der Waals surface area contributed by atoms with Gasteiger partial charge >= 0.3 is 6.61 Å². The van der Waals surface area contributed by atoms with E-state index in [-0.39, 0.29) is 11.2 Å². The van der Waals surface area contributed by atoms with E-state index >= 15 is 0 Å². The number of hydrogen-bond acceptors (Lipinski definition) is 3. The molecule has 106 valence electrons. The number of ether oxygens (including phenoxy) is 1. The van der Waals surface area contributed by atoms with Crippen LogP contribution in [0.3, 0.4) is 0 Å². The number of nitrogens with zero attached hydrogens (tertiary/aromatic N) is 1. The zero-order chi connectivity index (χ0) is 13.9. The van der Waals surface area contributed by atoms with Gasteiger partial charge in [0.15, 0.2) is 0 Å². The number of alkyl halides is 2. The van der Waals surface area contributed by atoms with Crippen molar-refractivity contribution in [2.24, 2.45) is 11.1 Å². The van der Waals surface area contributed by atoms with Gasteiger partial charge in [-0.05, 0) is 42.6 Å². The fourth-order valence-electron chi connectivity index (χ4n) is 2.46. The molecular formula is C14H20F2N2O. The maximum absolute atomic E-state index is 12.0. The van der Waals surface area contributed by atoms with E-state index in [4.69, 9.17) is 5.73 Å². The first-order valence-corrected chi connectivity index (χ1v) is 6.47. The molecule has 2 rings (SSSR count). The summed E-state index contributed by atoms with van der Waals surface area (Å²) in [6.45, 7) is 2.97. The quantitative estimate of drug-likeness (QED) is 0.893. The highest BCUT2D eigenvalue weighted by atomic mass is 19.3. The SMILES string of the molecule is CC1(CN)CCN(Cc2ccc(OC(F)F)cc2)C1. The van der Waals surface area contributed by atoms with E-state index in [9.17, 15) is 8.78 Å². The first kappa shape index (κ1) is 14.2. The standard InChI is InChI=1S/C14H20F2N2O/c1-14(9-17)6-7-18(10-14)8-11-2-4-12(5-3-11)19-13(15)16/h2-5,13H,6-10,17H2,1H3. The van der Waals surface area contributed by atoms with Crippen molar-refractivity contribution < 1.29 is 13.5 Å². The average molecular weight is 270 g/mol. The van der Waals surface area contributed by atoms with Gasteiger partial charge in [-0.15, -0.1) is 0 Å². The molecule has 1 aromatic carbocycles. The molecule has 0 bridgehead atoms. The van der Waals surface area contributed by atoms with Crippen LogP contribution in [0, 0.1) is 5.41 Å². The molecule has 2 N–H and O–H groups in total. The fraction of sp³-hybridized carbons (Fsp3) is 0.571. The van der Waals surface area contributed by atoms with E-state index in [1.807, 2.05) is 12.1 Å². The summed E-state index contributed by atoms with van der Waals surface area (Å²) < 4.78 is 28.4. The fourth-order valence-corrected chi connectivity index (χ4v) is 2.46. The molecule has 1 aliphatic rings. The van der Waals surface area contributed by atoms with Crippen molar-refractivity contribution in [1.82, 2.24) is 4.90 Å². The van der Waals surface area contributed by atoms with Crippen molar-refractivity contribution in [3.8, 4) is 5.75 Å². The Hall–Kier alpha value is -1.20. The van der Waals surface area contributed by atoms with Crippen molar-refractivity contribution in [2.75, 3.05) is 19.6 Å². The van der Waals surface area contributed by atoms with Crippen LogP contribution in [0.4, 0.5) is 8.78 Å². The summed E-state index contributed by atoms with van der Waals surface area (Å²) in [6, 6.07) is 6.82. The largest absolute Gasteiger partial charge is 0.435 e. The van der Waals surface area contributed by atoms with Crippen molar-refractivity contribution in [3.05, 3.63) is 29.8 Å². The van der Waals surface area contributed by atoms with Crippen molar-refractivity contribution in [1.29, 1.82) is 0 Å². The van der Waals surface area contributed by atoms with E-state index < -0.39 is 6.61 Å². The molecule has 1 saturated heterocycles. The predicted molar refractivity (Wildman–Crippen MR) is 70.1 cm³/mol. The highest BCUT2D eigenvalue weighted by Gasteiger charge is 2.32. The lowest BCUT2D eigenvalue weighted by Crippen LogP contribution is -2.31. The molecule has 1 atom stereocenters. The van der Waals surface area contributed by atoms with Gasteiger partial charge < -0.3 is 10.5 Å². The van der Waals surface area contributed by atoms with Gasteiger partial charge in [0.25, 0.3) is 0 Å². The molecular weight excluding hydrogens is 250 g/mol. The van der Waals surface area contributed by atoms with Crippen molar-refractivity contribution >= 4 is 0 Å². The minimum absolute atomic E-state index is 0.201. The molecule has 5 heteroatoms. The zero-order valence-electron chi connectivity index (χ0n) is 11.1. The van der Waals surface area contributed by atoms with Gasteiger partial charge in [0, 0.05) is 13.1 Å². The lowest BCUT2D eigenvalue weighted by molar-refractivity contribution is -0.0498. The first-order valence-electron chi connectivity index (χ1n) is 6.47. The predicted octanol–water partition coefficient (Wildman–Crippen LogP) is 2.46. The Bertz CT molecular complexity index is 410. The van der Waals surface area contributed by atoms with Crippen LogP contribution >= 0.6 is 0 Å². The van der Waals surface area contributed by atoms with E-state index in [0.717, 1.165) is 31.6 Å². The zero-order valence-corrected chi connectivity index (χ0v) is 11.1. The van der Waals surface area contributed by atoms with Gasteiger partial charge in [-0.1, -0.05) is 19.1 Å². The average Bonchev–Trinajstić information content (AvgIpc) is 2.74. The lowest BCUT2D eigenvalue weighted by Gasteiger charge is -2.22. The number of benzene rings is 1. The summed E-state index contributed by atoms with van der Waals surface area (Å²) in [7, 11) is 0. The van der Waals surface area contributed by atoms with E-state index in [1.165, 1.54) is 0 Å². The summed E-state index contributed by atoms with van der Waals surface area (Å²) >= 11 is 0. The molecule has 0 aromatic heterocycles. The van der Waals surface area contributed by atoms with Crippen LogP contribution in [0.1, 0.15) is 18.9 Å². The Morgan fingerprint density at radius 2 is 2.05 bits per heavy atom. The summed E-state index contributed by atoms with van der Waals surface area (Å²) in [5.41, 5.74) is 7.08. The number of hydrogen-bond donors (Lipinski definition) is 1. The van der Waals surface area contributed by atoms with Crippen LogP contribution in [-0.4, -0.2) is 31.1 Å². The number of rotatable bonds is 5. The molecule has 0 saturated carbocycles. The number of halogens is 2. The highest BCUT2D eigenvalue weighted by molar-refractivity contribution is 5.27. The van der Waals surface area contributed by atoms with Crippen LogP contribution in [0.15, 0.2) is 24.3 Å². The third-order valence-corrected chi connectivity index (χ3v) is 3.68. The van der Waals surface area contributed by atoms with Crippen molar-refractivity contribution in [2.45, 2.75) is 26.5 Å². The molecule has 1 unspecified atom stereocenters. The van der Waals surface area contributed by atoms with Gasteiger partial charge in [-0.3, -0.25) is 4.90 Å². The maximum Gasteiger partial charge on any atom is 0.387 e. The third kappa shape index (κ3) is 3.88. The van der Waals surface area contributed by atoms with Gasteiger partial charge in [0.1, 0.15) is 5.75 Å². The Balaban J connectivity index is 1.90. The molecule has 1 aromatic rings. The summed E-state index contributed by atoms with van der Waals surface area (Å²) in [4.78, 5) is 2.34.